The molecular formula is C22H24N2O6. The van der Waals surface area contributed by atoms with Crippen LogP contribution in [0.3, 0.4) is 0 Å². The summed E-state index contributed by atoms with van der Waals surface area (Å²) in [5.74, 6) is 1.87. The van der Waals surface area contributed by atoms with Gasteiger partial charge in [0.1, 0.15) is 22.9 Å². The number of nitrogens with zero attached hydrogens (tertiary/aromatic N) is 1. The molecule has 4 rings (SSSR count). The number of ether oxygens (including phenoxy) is 2. The molecule has 1 aliphatic heterocycles. The van der Waals surface area contributed by atoms with Gasteiger partial charge in [0.15, 0.2) is 6.61 Å². The summed E-state index contributed by atoms with van der Waals surface area (Å²) < 4.78 is 22.0. The fourth-order valence-electron chi connectivity index (χ4n) is 3.47. The predicted molar refractivity (Wildman–Crippen MR) is 110 cm³/mol. The summed E-state index contributed by atoms with van der Waals surface area (Å²) in [6.45, 7) is 5.03. The number of hydrogen-bond donors (Lipinski definition) is 1. The van der Waals surface area contributed by atoms with Crippen molar-refractivity contribution < 1.29 is 23.1 Å². The molecule has 1 saturated heterocycles. The van der Waals surface area contributed by atoms with Gasteiger partial charge in [-0.2, -0.15) is 0 Å². The van der Waals surface area contributed by atoms with Gasteiger partial charge in [0, 0.05) is 37.2 Å². The van der Waals surface area contributed by atoms with Crippen molar-refractivity contribution in [3.8, 4) is 5.75 Å². The molecule has 1 fully saturated rings. The van der Waals surface area contributed by atoms with Crippen LogP contribution in [0.1, 0.15) is 17.6 Å². The summed E-state index contributed by atoms with van der Waals surface area (Å²) in [6.07, 6.45) is 0. The molecule has 0 radical (unpaired) electrons. The van der Waals surface area contributed by atoms with Crippen LogP contribution in [0, 0.1) is 6.92 Å². The number of carbonyl (C=O) groups excluding carboxylic acids is 1. The van der Waals surface area contributed by atoms with Crippen molar-refractivity contribution in [1.29, 1.82) is 0 Å². The van der Waals surface area contributed by atoms with E-state index in [0.717, 1.165) is 30.0 Å². The van der Waals surface area contributed by atoms with Crippen LogP contribution in [-0.2, 0) is 9.53 Å². The van der Waals surface area contributed by atoms with Crippen molar-refractivity contribution in [2.24, 2.45) is 0 Å². The first-order valence-corrected chi connectivity index (χ1v) is 9.90. The van der Waals surface area contributed by atoms with E-state index >= 15 is 0 Å². The SMILES string of the molecule is Cc1ccc(C(CNC(=O)COc2ccc3ccc(=O)oc3c2)N2CCOCC2)o1. The third-order valence-corrected chi connectivity index (χ3v) is 5.03. The van der Waals surface area contributed by atoms with E-state index in [1.54, 1.807) is 24.3 Å². The number of furan rings is 1. The number of aryl methyl sites for hydroxylation is 1. The largest absolute Gasteiger partial charge is 0.484 e. The van der Waals surface area contributed by atoms with Crippen LogP contribution in [0.4, 0.5) is 0 Å². The molecule has 2 aromatic heterocycles. The van der Waals surface area contributed by atoms with Gasteiger partial charge in [-0.15, -0.1) is 0 Å². The number of benzene rings is 1. The van der Waals surface area contributed by atoms with Crippen LogP contribution in [0.2, 0.25) is 0 Å². The minimum absolute atomic E-state index is 0.0681. The van der Waals surface area contributed by atoms with E-state index in [4.69, 9.17) is 18.3 Å². The summed E-state index contributed by atoms with van der Waals surface area (Å²) in [4.78, 5) is 26.0. The van der Waals surface area contributed by atoms with Crippen molar-refractivity contribution in [3.63, 3.8) is 0 Å². The molecule has 8 nitrogen and oxygen atoms in total. The average Bonchev–Trinajstić information content (AvgIpc) is 3.18. The van der Waals surface area contributed by atoms with Crippen molar-refractivity contribution in [3.05, 3.63) is 64.4 Å². The van der Waals surface area contributed by atoms with Gasteiger partial charge >= 0.3 is 5.63 Å². The minimum Gasteiger partial charge on any atom is -0.484 e. The van der Waals surface area contributed by atoms with Gasteiger partial charge in [-0.25, -0.2) is 4.79 Å². The van der Waals surface area contributed by atoms with E-state index in [9.17, 15) is 9.59 Å². The number of hydrogen-bond acceptors (Lipinski definition) is 7. The lowest BCUT2D eigenvalue weighted by atomic mass is 10.1. The molecule has 8 heteroatoms. The van der Waals surface area contributed by atoms with E-state index in [1.165, 1.54) is 6.07 Å². The maximum atomic E-state index is 12.4. The Hall–Kier alpha value is -3.10. The molecule has 1 unspecified atom stereocenters. The standard InChI is InChI=1S/C22H24N2O6/c1-15-2-6-19(29-15)18(24-8-10-27-11-9-24)13-23-21(25)14-28-17-5-3-16-4-7-22(26)30-20(16)12-17/h2-7,12,18H,8-11,13-14H2,1H3,(H,23,25). The van der Waals surface area contributed by atoms with Gasteiger partial charge < -0.3 is 23.6 Å². The summed E-state index contributed by atoms with van der Waals surface area (Å²) in [5, 5.41) is 3.71. The summed E-state index contributed by atoms with van der Waals surface area (Å²) in [7, 11) is 0. The lowest BCUT2D eigenvalue weighted by Crippen LogP contribution is -2.44. The van der Waals surface area contributed by atoms with Crippen LogP contribution in [-0.4, -0.2) is 50.3 Å². The molecule has 30 heavy (non-hydrogen) atoms. The van der Waals surface area contributed by atoms with E-state index < -0.39 is 5.63 Å². The molecule has 1 aliphatic rings. The van der Waals surface area contributed by atoms with Gasteiger partial charge in [0.2, 0.25) is 0 Å². The Morgan fingerprint density at radius 1 is 1.13 bits per heavy atom. The zero-order valence-corrected chi connectivity index (χ0v) is 16.8. The number of fused-ring (bicyclic) bond motifs is 1. The normalized spacial score (nSPS) is 15.8. The van der Waals surface area contributed by atoms with Crippen molar-refractivity contribution in [2.45, 2.75) is 13.0 Å². The lowest BCUT2D eigenvalue weighted by molar-refractivity contribution is -0.123. The van der Waals surface area contributed by atoms with E-state index in [1.807, 2.05) is 19.1 Å². The molecule has 0 bridgehead atoms. The Kier molecular flexibility index (Phi) is 6.15. The third-order valence-electron chi connectivity index (χ3n) is 5.03. The highest BCUT2D eigenvalue weighted by molar-refractivity contribution is 5.79. The maximum Gasteiger partial charge on any atom is 0.336 e. The zero-order valence-electron chi connectivity index (χ0n) is 16.8. The summed E-state index contributed by atoms with van der Waals surface area (Å²) >= 11 is 0. The fraction of sp³-hybridized carbons (Fsp3) is 0.364. The van der Waals surface area contributed by atoms with Crippen molar-refractivity contribution in [1.82, 2.24) is 10.2 Å². The van der Waals surface area contributed by atoms with Crippen LogP contribution >= 0.6 is 0 Å². The topological polar surface area (TPSA) is 94.1 Å². The van der Waals surface area contributed by atoms with Gasteiger partial charge in [0.05, 0.1) is 19.3 Å². The van der Waals surface area contributed by atoms with Crippen LogP contribution in [0.15, 0.2) is 56.1 Å². The van der Waals surface area contributed by atoms with Gasteiger partial charge in [-0.05, 0) is 37.3 Å². The number of morpholine rings is 1. The molecule has 3 aromatic rings. The molecule has 1 atom stereocenters. The Bertz CT molecular complexity index is 1070. The van der Waals surface area contributed by atoms with Gasteiger partial charge in [-0.3, -0.25) is 9.69 Å². The van der Waals surface area contributed by atoms with E-state index in [0.29, 0.717) is 31.1 Å². The molecule has 0 saturated carbocycles. The fourth-order valence-corrected chi connectivity index (χ4v) is 3.47. The van der Waals surface area contributed by atoms with Crippen molar-refractivity contribution >= 4 is 16.9 Å². The number of rotatable bonds is 7. The Balaban J connectivity index is 1.35. The number of nitrogens with one attached hydrogen (secondary N) is 1. The Morgan fingerprint density at radius 2 is 1.93 bits per heavy atom. The van der Waals surface area contributed by atoms with Gasteiger partial charge in [0.25, 0.3) is 5.91 Å². The van der Waals surface area contributed by atoms with Gasteiger partial charge in [-0.1, -0.05) is 0 Å². The van der Waals surface area contributed by atoms with E-state index in [2.05, 4.69) is 10.2 Å². The summed E-state index contributed by atoms with van der Waals surface area (Å²) in [5.41, 5.74) is -0.0133. The molecule has 158 valence electrons. The number of amides is 1. The molecule has 3 heterocycles. The molecule has 0 spiro atoms. The number of carbonyl (C=O) groups is 1. The first kappa shape index (κ1) is 20.2. The molecule has 1 N–H and O–H groups in total. The Morgan fingerprint density at radius 3 is 2.70 bits per heavy atom. The van der Waals surface area contributed by atoms with Crippen molar-refractivity contribution in [2.75, 3.05) is 39.5 Å². The first-order chi connectivity index (χ1) is 14.6. The maximum absolute atomic E-state index is 12.4. The molecular weight excluding hydrogens is 388 g/mol. The van der Waals surface area contributed by atoms with E-state index in [-0.39, 0.29) is 18.6 Å². The highest BCUT2D eigenvalue weighted by Crippen LogP contribution is 2.23. The third kappa shape index (κ3) is 4.90. The molecule has 1 aromatic carbocycles. The Labute approximate surface area is 173 Å². The second-order valence-electron chi connectivity index (χ2n) is 7.16. The monoisotopic (exact) mass is 412 g/mol. The lowest BCUT2D eigenvalue weighted by Gasteiger charge is -2.33. The first-order valence-electron chi connectivity index (χ1n) is 9.90. The minimum atomic E-state index is -0.431. The molecule has 0 aliphatic carbocycles. The average molecular weight is 412 g/mol. The van der Waals surface area contributed by atoms with Crippen LogP contribution in [0.5, 0.6) is 5.75 Å². The van der Waals surface area contributed by atoms with Crippen LogP contribution < -0.4 is 15.7 Å². The second-order valence-corrected chi connectivity index (χ2v) is 7.16. The highest BCUT2D eigenvalue weighted by atomic mass is 16.5. The predicted octanol–water partition coefficient (Wildman–Crippen LogP) is 2.26. The zero-order chi connectivity index (χ0) is 20.9. The second kappa shape index (κ2) is 9.15. The molecule has 1 amide bonds. The summed E-state index contributed by atoms with van der Waals surface area (Å²) in [6, 6.07) is 12.0. The highest BCUT2D eigenvalue weighted by Gasteiger charge is 2.25. The van der Waals surface area contributed by atoms with Crippen LogP contribution in [0.25, 0.3) is 11.0 Å². The quantitative estimate of drug-likeness (QED) is 0.595. The smallest absolute Gasteiger partial charge is 0.336 e.